The van der Waals surface area contributed by atoms with Crippen LogP contribution in [0.4, 0.5) is 0 Å². The number of carboxylic acid groups (broad SMARTS) is 1. The normalized spacial score (nSPS) is 5.10. The molecule has 0 heterocycles. The van der Waals surface area contributed by atoms with Crippen LogP contribution in [0.1, 0.15) is 6.92 Å². The number of carbonyl (C=O) groups is 1. The maximum atomic E-state index is 9.00. The molecule has 0 aromatic carbocycles. The van der Waals surface area contributed by atoms with E-state index in [2.05, 4.69) is 0 Å². The molecule has 0 saturated heterocycles. The summed E-state index contributed by atoms with van der Waals surface area (Å²) in [7, 11) is 0. The Bertz CT molecular complexity index is 91.9. The summed E-state index contributed by atoms with van der Waals surface area (Å²) < 4.78 is 0. The number of carboxylic acids is 1. The van der Waals surface area contributed by atoms with Crippen LogP contribution < -0.4 is 0 Å². The van der Waals surface area contributed by atoms with Crippen LogP contribution in [0.3, 0.4) is 0 Å². The Hall–Kier alpha value is 0.223. The molecule has 1 N–H and O–H groups in total. The van der Waals surface area contributed by atoms with Crippen molar-refractivity contribution in [3.63, 3.8) is 0 Å². The standard InChI is InChI=1S/C4H4.C2H4O2.2Os/c1-3-4-2;1-2(3)4;;/h1-4H;1H3,(H,3,4);;/q-2;;;. The second-order valence-electron chi connectivity index (χ2n) is 0.904. The molecule has 0 aromatic heterocycles. The van der Waals surface area contributed by atoms with E-state index >= 15 is 0 Å². The number of aliphatic carboxylic acids is 1. The van der Waals surface area contributed by atoms with Gasteiger partial charge in [0, 0.05) is 6.92 Å². The maximum absolute atomic E-state index is 9.00. The molecule has 0 aliphatic carbocycles. The van der Waals surface area contributed by atoms with Crippen molar-refractivity contribution in [1.29, 1.82) is 0 Å². The van der Waals surface area contributed by atoms with Gasteiger partial charge in [0.05, 0.1) is 0 Å². The Labute approximate surface area is 78.8 Å². The first kappa shape index (κ1) is 16.7. The Balaban J connectivity index is -0.0000000787. The molecule has 0 atom stereocenters. The Morgan fingerprint density at radius 3 is 1.50 bits per heavy atom. The predicted molar refractivity (Wildman–Crippen MR) is 31.0 cm³/mol. The first-order valence-corrected chi connectivity index (χ1v) is 10.3. The van der Waals surface area contributed by atoms with Gasteiger partial charge in [-0.1, -0.05) is 0 Å². The summed E-state index contributed by atoms with van der Waals surface area (Å²) in [6.45, 7) is 10.5. The summed E-state index contributed by atoms with van der Waals surface area (Å²) in [5.74, 6) is -0.833. The molecule has 0 fully saturated rings. The quantitative estimate of drug-likeness (QED) is 0.439. The van der Waals surface area contributed by atoms with Crippen molar-refractivity contribution in [2.24, 2.45) is 0 Å². The van der Waals surface area contributed by atoms with Crippen LogP contribution in [0.5, 0.6) is 0 Å². The average molecular weight is 493 g/mol. The van der Waals surface area contributed by atoms with Crippen LogP contribution in [-0.2, 0) is 35.6 Å². The summed E-state index contributed by atoms with van der Waals surface area (Å²) in [5.41, 5.74) is 0. The fraction of sp³-hybridized carbons (Fsp3) is 0.167. The molecule has 0 spiro atoms. The average Bonchev–Trinajstić information content (AvgIpc) is 1.91. The Morgan fingerprint density at radius 1 is 1.40 bits per heavy atom. The third-order valence-corrected chi connectivity index (χ3v) is 0.111. The minimum atomic E-state index is -0.833. The molecule has 0 aliphatic rings. The zero-order valence-corrected chi connectivity index (χ0v) is 10.5. The summed E-state index contributed by atoms with van der Waals surface area (Å²) in [6, 6.07) is 0. The van der Waals surface area contributed by atoms with Crippen LogP contribution >= 0.6 is 0 Å². The minimum absolute atomic E-state index is 0.833. The molecule has 4 heteroatoms. The van der Waals surface area contributed by atoms with Gasteiger partial charge in [-0.3, -0.25) is 4.79 Å². The van der Waals surface area contributed by atoms with Gasteiger partial charge in [0.25, 0.3) is 5.97 Å². The van der Waals surface area contributed by atoms with Crippen LogP contribution in [0, 0.1) is 13.2 Å². The van der Waals surface area contributed by atoms with Crippen molar-refractivity contribution in [2.45, 2.75) is 6.92 Å². The zero-order chi connectivity index (χ0) is 8.99. The van der Waals surface area contributed by atoms with E-state index in [1.54, 1.807) is 0 Å². The molecule has 0 bridgehead atoms. The fourth-order valence-corrected chi connectivity index (χ4v) is 0. The van der Waals surface area contributed by atoms with Gasteiger partial charge < -0.3 is 30.4 Å². The number of allylic oxidation sites excluding steroid dienone is 2. The van der Waals surface area contributed by atoms with Crippen molar-refractivity contribution < 1.29 is 40.7 Å². The van der Waals surface area contributed by atoms with Gasteiger partial charge in [-0.25, -0.2) is 0 Å². The number of hydrogen-bond acceptors (Lipinski definition) is 1. The van der Waals surface area contributed by atoms with Crippen LogP contribution in [0.15, 0.2) is 12.2 Å². The monoisotopic (exact) mass is 496 g/mol. The van der Waals surface area contributed by atoms with E-state index in [1.165, 1.54) is 12.2 Å². The second-order valence-corrected chi connectivity index (χ2v) is 0.904. The number of hydrogen-bond donors (Lipinski definition) is 1. The van der Waals surface area contributed by atoms with Crippen molar-refractivity contribution in [1.82, 2.24) is 0 Å². The first-order valence-electron chi connectivity index (χ1n) is 2.05. The molecular weight excluding hydrogens is 485 g/mol. The summed E-state index contributed by atoms with van der Waals surface area (Å²) in [5, 5.41) is 7.42. The molecule has 0 rings (SSSR count). The molecule has 0 saturated carbocycles. The van der Waals surface area contributed by atoms with E-state index in [4.69, 9.17) is 23.1 Å². The Kier molecular flexibility index (Phi) is 38.1. The van der Waals surface area contributed by atoms with Gasteiger partial charge in [-0.15, -0.1) is 0 Å². The van der Waals surface area contributed by atoms with E-state index in [1.807, 2.05) is 30.8 Å². The summed E-state index contributed by atoms with van der Waals surface area (Å²) >= 11 is 3.78. The summed E-state index contributed by atoms with van der Waals surface area (Å²) in [6.07, 6.45) is 2.56. The van der Waals surface area contributed by atoms with E-state index < -0.39 is 5.97 Å². The van der Waals surface area contributed by atoms with Crippen LogP contribution in [-0.4, -0.2) is 11.1 Å². The molecule has 0 amide bonds. The van der Waals surface area contributed by atoms with Gasteiger partial charge >= 0.3 is 30.8 Å². The molecular formula is C6H8O2Os2-2. The van der Waals surface area contributed by atoms with Crippen molar-refractivity contribution in [3.8, 4) is 0 Å². The SMILES string of the molecule is CC(=O)O.[CH-]=CC=[CH-].[Os]=[Os]. The summed E-state index contributed by atoms with van der Waals surface area (Å²) in [4.78, 5) is 9.00. The van der Waals surface area contributed by atoms with E-state index in [9.17, 15) is 0 Å². The van der Waals surface area contributed by atoms with E-state index in [0.29, 0.717) is 0 Å². The van der Waals surface area contributed by atoms with Crippen molar-refractivity contribution in [2.75, 3.05) is 0 Å². The molecule has 0 unspecified atom stereocenters. The van der Waals surface area contributed by atoms with Gasteiger partial charge in [-0.05, 0) is 0 Å². The third-order valence-electron chi connectivity index (χ3n) is 0.111. The number of rotatable bonds is 1. The predicted octanol–water partition coefficient (Wildman–Crippen LogP) is 1.05. The van der Waals surface area contributed by atoms with E-state index in [-0.39, 0.29) is 0 Å². The van der Waals surface area contributed by atoms with Gasteiger partial charge in [0.15, 0.2) is 0 Å². The van der Waals surface area contributed by atoms with Gasteiger partial charge in [-0.2, -0.15) is 0 Å². The molecule has 0 aromatic rings. The van der Waals surface area contributed by atoms with Crippen molar-refractivity contribution in [3.05, 3.63) is 25.3 Å². The van der Waals surface area contributed by atoms with Gasteiger partial charge in [0.1, 0.15) is 0 Å². The second kappa shape index (κ2) is 22.9. The van der Waals surface area contributed by atoms with E-state index in [0.717, 1.165) is 6.92 Å². The fourth-order valence-electron chi connectivity index (χ4n) is 0. The Morgan fingerprint density at radius 2 is 1.50 bits per heavy atom. The topological polar surface area (TPSA) is 37.3 Å². The molecule has 62 valence electrons. The van der Waals surface area contributed by atoms with Gasteiger partial charge in [0.2, 0.25) is 0 Å². The zero-order valence-electron chi connectivity index (χ0n) is 5.37. The van der Waals surface area contributed by atoms with Crippen LogP contribution in [0.2, 0.25) is 0 Å². The van der Waals surface area contributed by atoms with Crippen LogP contribution in [0.25, 0.3) is 0 Å². The molecule has 0 radical (unpaired) electrons. The third kappa shape index (κ3) is 287. The molecule has 0 aliphatic heterocycles. The molecule has 2 nitrogen and oxygen atoms in total. The first-order chi connectivity index (χ1) is 4.65. The van der Waals surface area contributed by atoms with Crippen molar-refractivity contribution >= 4 is 5.97 Å². The molecule has 10 heavy (non-hydrogen) atoms.